The predicted molar refractivity (Wildman–Crippen MR) is 66.1 cm³/mol. The molecule has 0 aromatic carbocycles. The number of hydrogen-bond donors (Lipinski definition) is 2. The molecule has 3 N–H and O–H groups in total. The van der Waals surface area contributed by atoms with Crippen molar-refractivity contribution in [3.05, 3.63) is 0 Å². The number of amides is 1. The number of carbonyl (C=O) groups is 1. The van der Waals surface area contributed by atoms with Crippen LogP contribution in [-0.4, -0.2) is 43.0 Å². The van der Waals surface area contributed by atoms with Crippen molar-refractivity contribution in [3.63, 3.8) is 0 Å². The van der Waals surface area contributed by atoms with Crippen molar-refractivity contribution in [2.75, 3.05) is 20.1 Å². The van der Waals surface area contributed by atoms with Crippen LogP contribution in [0.5, 0.6) is 0 Å². The Labute approximate surface area is 98.6 Å². The lowest BCUT2D eigenvalue weighted by Gasteiger charge is -2.25. The Hall–Kier alpha value is -0.610. The van der Waals surface area contributed by atoms with E-state index >= 15 is 0 Å². The van der Waals surface area contributed by atoms with Gasteiger partial charge in [-0.1, -0.05) is 20.3 Å². The second-order valence-corrected chi connectivity index (χ2v) is 5.13. The van der Waals surface area contributed by atoms with Crippen molar-refractivity contribution in [1.82, 2.24) is 10.2 Å². The van der Waals surface area contributed by atoms with E-state index in [1.54, 1.807) is 0 Å². The maximum absolute atomic E-state index is 11.3. The molecule has 0 aliphatic heterocycles. The summed E-state index contributed by atoms with van der Waals surface area (Å²) in [5, 5.41) is 3.30. The highest BCUT2D eigenvalue weighted by Crippen LogP contribution is 2.19. The Morgan fingerprint density at radius 3 is 2.56 bits per heavy atom. The minimum absolute atomic E-state index is 0.193. The van der Waals surface area contributed by atoms with E-state index in [0.717, 1.165) is 13.1 Å². The van der Waals surface area contributed by atoms with Gasteiger partial charge in [-0.05, 0) is 25.8 Å². The van der Waals surface area contributed by atoms with Gasteiger partial charge < -0.3 is 16.0 Å². The van der Waals surface area contributed by atoms with Gasteiger partial charge in [0.25, 0.3) is 0 Å². The van der Waals surface area contributed by atoms with Crippen LogP contribution < -0.4 is 11.1 Å². The SMILES string of the molecule is CCC(C)CN(C)CC(NC1CC1)C(N)=O. The third-order valence-electron chi connectivity index (χ3n) is 3.17. The van der Waals surface area contributed by atoms with Gasteiger partial charge in [0.05, 0.1) is 6.04 Å². The molecule has 0 heterocycles. The molecule has 0 aromatic heterocycles. The van der Waals surface area contributed by atoms with Crippen molar-refractivity contribution in [1.29, 1.82) is 0 Å². The number of carbonyl (C=O) groups excluding carboxylic acids is 1. The molecule has 0 aromatic rings. The van der Waals surface area contributed by atoms with Gasteiger partial charge >= 0.3 is 0 Å². The van der Waals surface area contributed by atoms with E-state index in [0.29, 0.717) is 12.0 Å². The summed E-state index contributed by atoms with van der Waals surface area (Å²) >= 11 is 0. The summed E-state index contributed by atoms with van der Waals surface area (Å²) in [4.78, 5) is 13.5. The van der Waals surface area contributed by atoms with Crippen LogP contribution in [0.4, 0.5) is 0 Å². The van der Waals surface area contributed by atoms with Crippen molar-refractivity contribution in [3.8, 4) is 0 Å². The molecule has 0 bridgehead atoms. The second kappa shape index (κ2) is 6.21. The van der Waals surface area contributed by atoms with Crippen LogP contribution >= 0.6 is 0 Å². The minimum Gasteiger partial charge on any atom is -0.368 e. The molecule has 1 aliphatic carbocycles. The first-order valence-corrected chi connectivity index (χ1v) is 6.26. The lowest BCUT2D eigenvalue weighted by molar-refractivity contribution is -0.120. The van der Waals surface area contributed by atoms with Gasteiger partial charge in [-0.2, -0.15) is 0 Å². The molecule has 1 saturated carbocycles. The zero-order chi connectivity index (χ0) is 12.1. The van der Waals surface area contributed by atoms with E-state index in [2.05, 4.69) is 31.1 Å². The van der Waals surface area contributed by atoms with Crippen LogP contribution in [0.25, 0.3) is 0 Å². The van der Waals surface area contributed by atoms with Gasteiger partial charge in [0, 0.05) is 19.1 Å². The topological polar surface area (TPSA) is 58.4 Å². The molecule has 0 radical (unpaired) electrons. The zero-order valence-electron chi connectivity index (χ0n) is 10.7. The molecule has 0 saturated heterocycles. The smallest absolute Gasteiger partial charge is 0.235 e. The molecule has 94 valence electrons. The number of nitrogens with zero attached hydrogens (tertiary/aromatic N) is 1. The molecule has 0 spiro atoms. The third-order valence-corrected chi connectivity index (χ3v) is 3.17. The Morgan fingerprint density at radius 2 is 2.12 bits per heavy atom. The average molecular weight is 227 g/mol. The van der Waals surface area contributed by atoms with Crippen molar-refractivity contribution < 1.29 is 4.79 Å². The Kier molecular flexibility index (Phi) is 5.22. The molecule has 16 heavy (non-hydrogen) atoms. The summed E-state index contributed by atoms with van der Waals surface area (Å²) in [5.74, 6) is 0.433. The van der Waals surface area contributed by atoms with Crippen LogP contribution in [0, 0.1) is 5.92 Å². The molecule has 1 aliphatic rings. The number of primary amides is 1. The van der Waals surface area contributed by atoms with Crippen LogP contribution in [0.2, 0.25) is 0 Å². The molecule has 1 fully saturated rings. The zero-order valence-corrected chi connectivity index (χ0v) is 10.7. The summed E-state index contributed by atoms with van der Waals surface area (Å²) in [5.41, 5.74) is 5.40. The molecule has 1 rings (SSSR count). The Morgan fingerprint density at radius 1 is 1.50 bits per heavy atom. The third kappa shape index (κ3) is 4.94. The molecule has 4 heteroatoms. The van der Waals surface area contributed by atoms with Gasteiger partial charge in [0.15, 0.2) is 0 Å². The summed E-state index contributed by atoms with van der Waals surface area (Å²) in [6.45, 7) is 6.15. The monoisotopic (exact) mass is 227 g/mol. The second-order valence-electron chi connectivity index (χ2n) is 5.13. The summed E-state index contributed by atoms with van der Waals surface area (Å²) in [6, 6.07) is 0.330. The Bertz CT molecular complexity index is 228. The Balaban J connectivity index is 2.31. The molecule has 2 atom stereocenters. The molecule has 1 amide bonds. The van der Waals surface area contributed by atoms with Crippen molar-refractivity contribution in [2.45, 2.75) is 45.2 Å². The highest BCUT2D eigenvalue weighted by molar-refractivity contribution is 5.80. The first-order chi connectivity index (χ1) is 7.52. The molecular formula is C12H25N3O. The van der Waals surface area contributed by atoms with Gasteiger partial charge in [0.1, 0.15) is 0 Å². The number of hydrogen-bond acceptors (Lipinski definition) is 3. The fourth-order valence-corrected chi connectivity index (χ4v) is 1.81. The normalized spacial score (nSPS) is 19.8. The minimum atomic E-state index is -0.233. The van der Waals surface area contributed by atoms with Gasteiger partial charge in [-0.15, -0.1) is 0 Å². The lowest BCUT2D eigenvalue weighted by Crippen LogP contribution is -2.49. The number of likely N-dealkylation sites (N-methyl/N-ethyl adjacent to an activating group) is 1. The van der Waals surface area contributed by atoms with Gasteiger partial charge in [-0.3, -0.25) is 4.79 Å². The number of nitrogens with two attached hydrogens (primary N) is 1. The van der Waals surface area contributed by atoms with Crippen molar-refractivity contribution in [2.24, 2.45) is 11.7 Å². The number of rotatable bonds is 8. The highest BCUT2D eigenvalue weighted by atomic mass is 16.1. The molecule has 4 nitrogen and oxygen atoms in total. The van der Waals surface area contributed by atoms with E-state index in [-0.39, 0.29) is 11.9 Å². The van der Waals surface area contributed by atoms with E-state index in [9.17, 15) is 4.79 Å². The standard InChI is InChI=1S/C12H25N3O/c1-4-9(2)7-15(3)8-11(12(13)16)14-10-5-6-10/h9-11,14H,4-8H2,1-3H3,(H2,13,16). The lowest BCUT2D eigenvalue weighted by atomic mass is 10.1. The van der Waals surface area contributed by atoms with Crippen LogP contribution in [0.1, 0.15) is 33.1 Å². The quantitative estimate of drug-likeness (QED) is 0.637. The van der Waals surface area contributed by atoms with E-state index in [4.69, 9.17) is 5.73 Å². The summed E-state index contributed by atoms with van der Waals surface area (Å²) in [6.07, 6.45) is 3.53. The first kappa shape index (κ1) is 13.5. The van der Waals surface area contributed by atoms with Crippen molar-refractivity contribution >= 4 is 5.91 Å². The van der Waals surface area contributed by atoms with E-state index < -0.39 is 0 Å². The molecule has 2 unspecified atom stereocenters. The highest BCUT2D eigenvalue weighted by Gasteiger charge is 2.27. The van der Waals surface area contributed by atoms with E-state index in [1.165, 1.54) is 19.3 Å². The first-order valence-electron chi connectivity index (χ1n) is 6.26. The van der Waals surface area contributed by atoms with Gasteiger partial charge in [0.2, 0.25) is 5.91 Å². The average Bonchev–Trinajstić information content (AvgIpc) is 3.00. The predicted octanol–water partition coefficient (Wildman–Crippen LogP) is 0.570. The largest absolute Gasteiger partial charge is 0.368 e. The van der Waals surface area contributed by atoms with E-state index in [1.807, 2.05) is 0 Å². The van der Waals surface area contributed by atoms with Crippen LogP contribution in [0.3, 0.4) is 0 Å². The fraction of sp³-hybridized carbons (Fsp3) is 0.917. The molecular weight excluding hydrogens is 202 g/mol. The summed E-state index contributed by atoms with van der Waals surface area (Å²) < 4.78 is 0. The van der Waals surface area contributed by atoms with Crippen LogP contribution in [0.15, 0.2) is 0 Å². The summed E-state index contributed by atoms with van der Waals surface area (Å²) in [7, 11) is 2.05. The van der Waals surface area contributed by atoms with Gasteiger partial charge in [-0.25, -0.2) is 0 Å². The fourth-order valence-electron chi connectivity index (χ4n) is 1.81. The maximum atomic E-state index is 11.3. The number of nitrogens with one attached hydrogen (secondary N) is 1. The van der Waals surface area contributed by atoms with Crippen LogP contribution in [-0.2, 0) is 4.79 Å². The maximum Gasteiger partial charge on any atom is 0.235 e.